The Bertz CT molecular complexity index is 126. The number of rotatable bonds is 1. The molecule has 0 bridgehead atoms. The molecule has 2 heteroatoms. The third-order valence-corrected chi connectivity index (χ3v) is 0.905. The molecule has 0 saturated heterocycles. The summed E-state index contributed by atoms with van der Waals surface area (Å²) in [6, 6.07) is 0. The van der Waals surface area contributed by atoms with Crippen LogP contribution in [0.3, 0.4) is 0 Å². The van der Waals surface area contributed by atoms with E-state index in [1.165, 1.54) is 0 Å². The van der Waals surface area contributed by atoms with E-state index in [0.717, 1.165) is 12.4 Å². The lowest BCUT2D eigenvalue weighted by Crippen LogP contribution is -1.96. The Labute approximate surface area is 48.9 Å². The summed E-state index contributed by atoms with van der Waals surface area (Å²) in [4.78, 5) is 4.01. The molecule has 1 aliphatic heterocycles. The van der Waals surface area contributed by atoms with E-state index >= 15 is 0 Å². The quantitative estimate of drug-likeness (QED) is 0.494. The molecule has 8 heavy (non-hydrogen) atoms. The van der Waals surface area contributed by atoms with Crippen LogP contribution in [0.25, 0.3) is 0 Å². The van der Waals surface area contributed by atoms with Gasteiger partial charge in [-0.25, -0.2) is 4.99 Å². The third kappa shape index (κ3) is 1.09. The van der Waals surface area contributed by atoms with Gasteiger partial charge in [-0.2, -0.15) is 0 Å². The first-order valence-electron chi connectivity index (χ1n) is 2.77. The standard InChI is InChI=1S/C6H9NO/c1-2-8-6-4-3-5-7-6/h3-4H,2,5H2,1H3. The number of ether oxygens (including phenoxy) is 1. The Hall–Kier alpha value is -0.790. The van der Waals surface area contributed by atoms with Crippen LogP contribution in [0.1, 0.15) is 6.92 Å². The van der Waals surface area contributed by atoms with E-state index in [1.807, 2.05) is 19.1 Å². The van der Waals surface area contributed by atoms with Gasteiger partial charge in [0.05, 0.1) is 13.2 Å². The molecule has 0 N–H and O–H groups in total. The molecule has 2 nitrogen and oxygen atoms in total. The summed E-state index contributed by atoms with van der Waals surface area (Å²) < 4.78 is 5.07. The van der Waals surface area contributed by atoms with Gasteiger partial charge in [0.2, 0.25) is 5.90 Å². The van der Waals surface area contributed by atoms with Gasteiger partial charge in [0.25, 0.3) is 0 Å². The van der Waals surface area contributed by atoms with Gasteiger partial charge in [-0.3, -0.25) is 0 Å². The van der Waals surface area contributed by atoms with Crippen molar-refractivity contribution in [2.75, 3.05) is 13.2 Å². The first kappa shape index (κ1) is 5.35. The smallest absolute Gasteiger partial charge is 0.208 e. The first-order chi connectivity index (χ1) is 3.93. The fourth-order valence-corrected chi connectivity index (χ4v) is 0.591. The van der Waals surface area contributed by atoms with E-state index < -0.39 is 0 Å². The van der Waals surface area contributed by atoms with Crippen LogP contribution in [0, 0.1) is 0 Å². The molecular weight excluding hydrogens is 102 g/mol. The van der Waals surface area contributed by atoms with Crippen molar-refractivity contribution in [3.63, 3.8) is 0 Å². The van der Waals surface area contributed by atoms with Gasteiger partial charge in [-0.05, 0) is 13.0 Å². The average molecular weight is 111 g/mol. The highest BCUT2D eigenvalue weighted by molar-refractivity contribution is 5.89. The molecule has 0 aromatic heterocycles. The molecule has 0 atom stereocenters. The van der Waals surface area contributed by atoms with Crippen LogP contribution in [-0.4, -0.2) is 19.0 Å². The molecule has 1 heterocycles. The maximum absolute atomic E-state index is 5.07. The summed E-state index contributed by atoms with van der Waals surface area (Å²) >= 11 is 0. The van der Waals surface area contributed by atoms with E-state index in [0.29, 0.717) is 6.61 Å². The summed E-state index contributed by atoms with van der Waals surface area (Å²) in [5.74, 6) is 0.771. The SMILES string of the molecule is CCOC1=NCC=C1. The van der Waals surface area contributed by atoms with Crippen LogP contribution in [0.4, 0.5) is 0 Å². The molecular formula is C6H9NO. The van der Waals surface area contributed by atoms with Crippen LogP contribution in [0.5, 0.6) is 0 Å². The fourth-order valence-electron chi connectivity index (χ4n) is 0.591. The summed E-state index contributed by atoms with van der Waals surface area (Å²) in [7, 11) is 0. The Kier molecular flexibility index (Phi) is 1.67. The van der Waals surface area contributed by atoms with Gasteiger partial charge < -0.3 is 4.74 Å². The minimum atomic E-state index is 0.711. The summed E-state index contributed by atoms with van der Waals surface area (Å²) in [6.45, 7) is 3.45. The second-order valence-corrected chi connectivity index (χ2v) is 1.51. The zero-order valence-corrected chi connectivity index (χ0v) is 4.92. The molecule has 0 fully saturated rings. The third-order valence-electron chi connectivity index (χ3n) is 0.905. The van der Waals surface area contributed by atoms with Crippen LogP contribution in [-0.2, 0) is 4.74 Å². The normalized spacial score (nSPS) is 16.4. The maximum atomic E-state index is 5.07. The van der Waals surface area contributed by atoms with Crippen molar-refractivity contribution in [1.29, 1.82) is 0 Å². The number of hydrogen-bond donors (Lipinski definition) is 0. The molecule has 0 aliphatic carbocycles. The molecule has 0 amide bonds. The zero-order valence-electron chi connectivity index (χ0n) is 4.92. The highest BCUT2D eigenvalue weighted by Crippen LogP contribution is 1.93. The number of nitrogens with zero attached hydrogens (tertiary/aromatic N) is 1. The van der Waals surface area contributed by atoms with Crippen LogP contribution < -0.4 is 0 Å². The van der Waals surface area contributed by atoms with Gasteiger partial charge >= 0.3 is 0 Å². The molecule has 0 spiro atoms. The number of hydrogen-bond acceptors (Lipinski definition) is 2. The second kappa shape index (κ2) is 2.50. The predicted octanol–water partition coefficient (Wildman–Crippen LogP) is 0.991. The van der Waals surface area contributed by atoms with Crippen LogP contribution in [0.2, 0.25) is 0 Å². The Balaban J connectivity index is 2.34. The molecule has 0 radical (unpaired) electrons. The Morgan fingerprint density at radius 3 is 3.25 bits per heavy atom. The highest BCUT2D eigenvalue weighted by atomic mass is 16.5. The van der Waals surface area contributed by atoms with Gasteiger partial charge in [-0.15, -0.1) is 0 Å². The summed E-state index contributed by atoms with van der Waals surface area (Å²) in [6.07, 6.45) is 3.87. The predicted molar refractivity (Wildman–Crippen MR) is 33.1 cm³/mol. The minimum Gasteiger partial charge on any atom is -0.478 e. The lowest BCUT2D eigenvalue weighted by Gasteiger charge is -1.95. The topological polar surface area (TPSA) is 21.6 Å². The van der Waals surface area contributed by atoms with Crippen molar-refractivity contribution in [1.82, 2.24) is 0 Å². The van der Waals surface area contributed by atoms with Crippen molar-refractivity contribution >= 4 is 5.90 Å². The molecule has 0 aromatic carbocycles. The largest absolute Gasteiger partial charge is 0.478 e. The highest BCUT2D eigenvalue weighted by Gasteiger charge is 1.95. The lowest BCUT2D eigenvalue weighted by molar-refractivity contribution is 0.330. The zero-order chi connectivity index (χ0) is 5.82. The van der Waals surface area contributed by atoms with E-state index in [1.54, 1.807) is 0 Å². The Morgan fingerprint density at radius 2 is 2.75 bits per heavy atom. The van der Waals surface area contributed by atoms with Crippen molar-refractivity contribution in [3.8, 4) is 0 Å². The molecule has 44 valence electrons. The van der Waals surface area contributed by atoms with Crippen molar-refractivity contribution in [2.24, 2.45) is 4.99 Å². The fraction of sp³-hybridized carbons (Fsp3) is 0.500. The van der Waals surface area contributed by atoms with Crippen LogP contribution in [0.15, 0.2) is 17.1 Å². The average Bonchev–Trinajstić information content (AvgIpc) is 2.19. The summed E-state index contributed by atoms with van der Waals surface area (Å²) in [5, 5.41) is 0. The number of aliphatic imine (C=N–C) groups is 1. The van der Waals surface area contributed by atoms with Gasteiger partial charge in [0.1, 0.15) is 0 Å². The monoisotopic (exact) mass is 111 g/mol. The molecule has 0 saturated carbocycles. The molecule has 1 rings (SSSR count). The molecule has 0 aromatic rings. The minimum absolute atomic E-state index is 0.711. The van der Waals surface area contributed by atoms with Crippen molar-refractivity contribution in [3.05, 3.63) is 12.2 Å². The molecule has 1 aliphatic rings. The van der Waals surface area contributed by atoms with Gasteiger partial charge in [0, 0.05) is 0 Å². The maximum Gasteiger partial charge on any atom is 0.208 e. The van der Waals surface area contributed by atoms with Crippen molar-refractivity contribution in [2.45, 2.75) is 6.92 Å². The van der Waals surface area contributed by atoms with Crippen LogP contribution >= 0.6 is 0 Å². The van der Waals surface area contributed by atoms with E-state index in [2.05, 4.69) is 4.99 Å². The lowest BCUT2D eigenvalue weighted by atomic mass is 10.5. The summed E-state index contributed by atoms with van der Waals surface area (Å²) in [5.41, 5.74) is 0. The van der Waals surface area contributed by atoms with Crippen molar-refractivity contribution < 1.29 is 4.74 Å². The van der Waals surface area contributed by atoms with E-state index in [9.17, 15) is 0 Å². The van der Waals surface area contributed by atoms with E-state index in [-0.39, 0.29) is 0 Å². The van der Waals surface area contributed by atoms with Gasteiger partial charge in [0.15, 0.2) is 0 Å². The Morgan fingerprint density at radius 1 is 1.88 bits per heavy atom. The molecule has 0 unspecified atom stereocenters. The second-order valence-electron chi connectivity index (χ2n) is 1.51. The van der Waals surface area contributed by atoms with Gasteiger partial charge in [-0.1, -0.05) is 6.08 Å². The van der Waals surface area contributed by atoms with E-state index in [4.69, 9.17) is 4.74 Å². The first-order valence-corrected chi connectivity index (χ1v) is 2.77.